The zero-order valence-corrected chi connectivity index (χ0v) is 22.8. The van der Waals surface area contributed by atoms with Crippen LogP contribution in [0.5, 0.6) is 0 Å². The van der Waals surface area contributed by atoms with Gasteiger partial charge in [0.25, 0.3) is 10.0 Å². The number of hydrogen-bond donors (Lipinski definition) is 0. The van der Waals surface area contributed by atoms with E-state index in [0.29, 0.717) is 15.1 Å². The van der Waals surface area contributed by atoms with Crippen LogP contribution in [-0.2, 0) is 27.1 Å². The van der Waals surface area contributed by atoms with Crippen LogP contribution in [-0.4, -0.2) is 63.0 Å². The minimum Gasteiger partial charge on any atom is -0.379 e. The number of fused-ring (bicyclic) bond motifs is 1. The highest BCUT2D eigenvalue weighted by Crippen LogP contribution is 2.33. The standard InChI is InChI=1S/C27H31N3O3S3/c1-28(36(31,32)26-11-6-18-34-26)25-10-5-9-23-12-13-30(27(23)25)20-24(19-29-14-16-33-17-15-29)35-21-22-7-3-2-4-8-22/h2-13,18,24H,14-17,19-21H2,1H3. The van der Waals surface area contributed by atoms with Gasteiger partial charge in [-0.1, -0.05) is 48.5 Å². The Hall–Kier alpha value is -2.30. The molecule has 1 unspecified atom stereocenters. The predicted octanol–water partition coefficient (Wildman–Crippen LogP) is 5.16. The Labute approximate surface area is 221 Å². The fourth-order valence-electron chi connectivity index (χ4n) is 4.56. The number of rotatable bonds is 10. The van der Waals surface area contributed by atoms with Crippen molar-refractivity contribution in [2.45, 2.75) is 21.8 Å². The molecule has 36 heavy (non-hydrogen) atoms. The van der Waals surface area contributed by atoms with Crippen molar-refractivity contribution in [2.24, 2.45) is 0 Å². The van der Waals surface area contributed by atoms with E-state index in [0.717, 1.165) is 56.0 Å². The van der Waals surface area contributed by atoms with Crippen LogP contribution in [0.1, 0.15) is 5.56 Å². The third-order valence-electron chi connectivity index (χ3n) is 6.51. The summed E-state index contributed by atoms with van der Waals surface area (Å²) in [6.07, 6.45) is 2.09. The number of aromatic nitrogens is 1. The maximum atomic E-state index is 13.3. The molecule has 2 aromatic carbocycles. The van der Waals surface area contributed by atoms with Crippen molar-refractivity contribution in [1.82, 2.24) is 9.47 Å². The summed E-state index contributed by atoms with van der Waals surface area (Å²) in [5.74, 6) is 0.939. The van der Waals surface area contributed by atoms with Crippen molar-refractivity contribution >= 4 is 49.7 Å². The second-order valence-electron chi connectivity index (χ2n) is 8.92. The number of sulfonamides is 1. The smallest absolute Gasteiger partial charge is 0.273 e. The number of hydrogen-bond acceptors (Lipinski definition) is 6. The molecular formula is C27H31N3O3S3. The Bertz CT molecular complexity index is 1370. The van der Waals surface area contributed by atoms with Gasteiger partial charge in [-0.25, -0.2) is 8.42 Å². The number of benzene rings is 2. The first-order valence-corrected chi connectivity index (χ1v) is 15.4. The minimum atomic E-state index is -3.62. The number of ether oxygens (including phenoxy) is 1. The van der Waals surface area contributed by atoms with Crippen LogP contribution in [0.25, 0.3) is 10.9 Å². The van der Waals surface area contributed by atoms with Crippen molar-refractivity contribution in [3.05, 3.63) is 83.9 Å². The van der Waals surface area contributed by atoms with Crippen LogP contribution < -0.4 is 4.31 Å². The second-order valence-corrected chi connectivity index (χ2v) is 13.4. The molecule has 3 heterocycles. The lowest BCUT2D eigenvalue weighted by Gasteiger charge is -2.31. The molecule has 4 aromatic rings. The first-order chi connectivity index (χ1) is 17.5. The Balaban J connectivity index is 1.43. The van der Waals surface area contributed by atoms with E-state index in [4.69, 9.17) is 4.74 Å². The lowest BCUT2D eigenvalue weighted by Crippen LogP contribution is -2.41. The predicted molar refractivity (Wildman–Crippen MR) is 151 cm³/mol. The monoisotopic (exact) mass is 541 g/mol. The van der Waals surface area contributed by atoms with Crippen molar-refractivity contribution in [3.63, 3.8) is 0 Å². The zero-order valence-electron chi connectivity index (χ0n) is 20.3. The highest BCUT2D eigenvalue weighted by Gasteiger charge is 2.25. The fraction of sp³-hybridized carbons (Fsp3) is 0.333. The largest absolute Gasteiger partial charge is 0.379 e. The van der Waals surface area contributed by atoms with Gasteiger partial charge in [0, 0.05) is 55.8 Å². The minimum absolute atomic E-state index is 0.339. The molecule has 2 aromatic heterocycles. The molecule has 1 aliphatic heterocycles. The lowest BCUT2D eigenvalue weighted by molar-refractivity contribution is 0.0377. The summed E-state index contributed by atoms with van der Waals surface area (Å²) in [7, 11) is -1.97. The van der Waals surface area contributed by atoms with E-state index in [1.807, 2.05) is 30.0 Å². The van der Waals surface area contributed by atoms with Crippen LogP contribution in [0.2, 0.25) is 0 Å². The topological polar surface area (TPSA) is 54.8 Å². The van der Waals surface area contributed by atoms with Crippen molar-refractivity contribution in [3.8, 4) is 0 Å². The summed E-state index contributed by atoms with van der Waals surface area (Å²) >= 11 is 3.20. The van der Waals surface area contributed by atoms with E-state index < -0.39 is 10.0 Å². The summed E-state index contributed by atoms with van der Waals surface area (Å²) < 4.78 is 36.2. The van der Waals surface area contributed by atoms with Crippen molar-refractivity contribution in [2.75, 3.05) is 44.2 Å². The van der Waals surface area contributed by atoms with Crippen LogP contribution >= 0.6 is 23.1 Å². The third kappa shape index (κ3) is 5.65. The Morgan fingerprint density at radius 3 is 2.56 bits per heavy atom. The average molecular weight is 542 g/mol. The average Bonchev–Trinajstić information content (AvgIpc) is 3.59. The summed E-state index contributed by atoms with van der Waals surface area (Å²) in [4.78, 5) is 2.48. The number of anilines is 1. The lowest BCUT2D eigenvalue weighted by atomic mass is 10.2. The second kappa shape index (κ2) is 11.4. The summed E-state index contributed by atoms with van der Waals surface area (Å²) in [5.41, 5.74) is 2.96. The molecule has 0 spiro atoms. The number of para-hydroxylation sites is 1. The van der Waals surface area contributed by atoms with E-state index in [-0.39, 0.29) is 0 Å². The molecule has 5 rings (SSSR count). The molecule has 9 heteroatoms. The highest BCUT2D eigenvalue weighted by atomic mass is 32.2. The van der Waals surface area contributed by atoms with Gasteiger partial charge >= 0.3 is 0 Å². The SMILES string of the molecule is CN(c1cccc2ccn(CC(CN3CCOCC3)SCc3ccccc3)c12)S(=O)(=O)c1cccs1. The van der Waals surface area contributed by atoms with Crippen molar-refractivity contribution in [1.29, 1.82) is 0 Å². The Morgan fingerprint density at radius 1 is 1.00 bits per heavy atom. The van der Waals surface area contributed by atoms with E-state index in [1.165, 1.54) is 21.2 Å². The molecule has 0 bridgehead atoms. The van der Waals surface area contributed by atoms with E-state index in [2.05, 4.69) is 52.1 Å². The zero-order chi connectivity index (χ0) is 25.0. The molecule has 1 aliphatic rings. The molecule has 0 N–H and O–H groups in total. The van der Waals surface area contributed by atoms with Gasteiger partial charge in [0.05, 0.1) is 24.4 Å². The van der Waals surface area contributed by atoms with Crippen LogP contribution in [0, 0.1) is 0 Å². The molecule has 0 aliphatic carbocycles. The molecule has 0 saturated carbocycles. The highest BCUT2D eigenvalue weighted by molar-refractivity contribution is 7.99. The molecule has 190 valence electrons. The summed E-state index contributed by atoms with van der Waals surface area (Å²) in [5, 5.41) is 3.18. The van der Waals surface area contributed by atoms with Gasteiger partial charge in [-0.3, -0.25) is 9.21 Å². The number of morpholine rings is 1. The Kier molecular flexibility index (Phi) is 8.03. The van der Waals surface area contributed by atoms with E-state index >= 15 is 0 Å². The third-order valence-corrected chi connectivity index (χ3v) is 10.9. The first kappa shape index (κ1) is 25.4. The molecule has 1 fully saturated rings. The maximum Gasteiger partial charge on any atom is 0.273 e. The number of nitrogens with zero attached hydrogens (tertiary/aromatic N) is 3. The van der Waals surface area contributed by atoms with Gasteiger partial charge in [-0.2, -0.15) is 11.8 Å². The Morgan fingerprint density at radius 2 is 1.81 bits per heavy atom. The normalized spacial score (nSPS) is 15.8. The van der Waals surface area contributed by atoms with Gasteiger partial charge in [-0.05, 0) is 29.1 Å². The molecule has 1 saturated heterocycles. The number of thioether (sulfide) groups is 1. The van der Waals surface area contributed by atoms with E-state index in [1.54, 1.807) is 24.6 Å². The van der Waals surface area contributed by atoms with Gasteiger partial charge in [-0.15, -0.1) is 11.3 Å². The maximum absolute atomic E-state index is 13.3. The van der Waals surface area contributed by atoms with E-state index in [9.17, 15) is 8.42 Å². The summed E-state index contributed by atoms with van der Waals surface area (Å²) in [6.45, 7) is 5.20. The summed E-state index contributed by atoms with van der Waals surface area (Å²) in [6, 6.07) is 22.0. The molecule has 0 amide bonds. The van der Waals surface area contributed by atoms with Crippen molar-refractivity contribution < 1.29 is 13.2 Å². The van der Waals surface area contributed by atoms with Gasteiger partial charge in [0.1, 0.15) is 4.21 Å². The molecular weight excluding hydrogens is 511 g/mol. The fourth-order valence-corrected chi connectivity index (χ4v) is 8.13. The van der Waals surface area contributed by atoms with Gasteiger partial charge in [0.15, 0.2) is 0 Å². The van der Waals surface area contributed by atoms with Crippen LogP contribution in [0.3, 0.4) is 0 Å². The quantitative estimate of drug-likeness (QED) is 0.278. The van der Waals surface area contributed by atoms with Crippen LogP contribution in [0.4, 0.5) is 5.69 Å². The molecule has 0 radical (unpaired) electrons. The van der Waals surface area contributed by atoms with Crippen LogP contribution in [0.15, 0.2) is 82.5 Å². The first-order valence-electron chi connectivity index (χ1n) is 12.1. The van der Waals surface area contributed by atoms with Gasteiger partial charge in [0.2, 0.25) is 0 Å². The molecule has 6 nitrogen and oxygen atoms in total. The molecule has 1 atom stereocenters. The van der Waals surface area contributed by atoms with Gasteiger partial charge < -0.3 is 9.30 Å². The number of thiophene rings is 1.